The van der Waals surface area contributed by atoms with Crippen LogP contribution in [0.3, 0.4) is 0 Å². The summed E-state index contributed by atoms with van der Waals surface area (Å²) >= 11 is 0. The Morgan fingerprint density at radius 3 is 2.75 bits per heavy atom. The van der Waals surface area contributed by atoms with Crippen LogP contribution in [-0.2, 0) is 4.79 Å². The summed E-state index contributed by atoms with van der Waals surface area (Å²) in [6, 6.07) is 0.437. The smallest absolute Gasteiger partial charge is 0.325 e. The van der Waals surface area contributed by atoms with Crippen molar-refractivity contribution in [3.05, 3.63) is 24.0 Å². The highest BCUT2D eigenvalue weighted by Crippen LogP contribution is 2.11. The molecule has 0 saturated heterocycles. The molecular weight excluding hydrogens is 158 g/mol. The highest BCUT2D eigenvalue weighted by atomic mass is 16.4. The topological polar surface area (TPSA) is 102 Å². The van der Waals surface area contributed by atoms with Crippen molar-refractivity contribution in [2.24, 2.45) is 5.73 Å². The Balaban J connectivity index is 2.95. The molecule has 0 amide bonds. The summed E-state index contributed by atoms with van der Waals surface area (Å²) < 4.78 is 0. The first kappa shape index (κ1) is 8.48. The standard InChI is InChI=1S/C7H9N3O2/c8-5-1-4(2-10-3-5)6(9)7(11)12/h1-3,6H,8-9H2,(H,11,12)/t6-/m1/s1. The highest BCUT2D eigenvalue weighted by molar-refractivity contribution is 5.75. The third-order valence-electron chi connectivity index (χ3n) is 1.41. The number of aliphatic carboxylic acids is 1. The van der Waals surface area contributed by atoms with E-state index in [1.807, 2.05) is 0 Å². The van der Waals surface area contributed by atoms with Crippen LogP contribution >= 0.6 is 0 Å². The number of carboxylic acid groups (broad SMARTS) is 1. The summed E-state index contributed by atoms with van der Waals surface area (Å²) in [5.74, 6) is -1.09. The molecule has 64 valence electrons. The summed E-state index contributed by atoms with van der Waals surface area (Å²) in [5, 5.41) is 8.53. The largest absolute Gasteiger partial charge is 0.480 e. The SMILES string of the molecule is Nc1cncc([C@@H](N)C(=O)O)c1. The zero-order chi connectivity index (χ0) is 9.14. The lowest BCUT2D eigenvalue weighted by atomic mass is 10.1. The molecule has 5 nitrogen and oxygen atoms in total. The van der Waals surface area contributed by atoms with Gasteiger partial charge in [0, 0.05) is 18.0 Å². The summed E-state index contributed by atoms with van der Waals surface area (Å²) in [6.45, 7) is 0. The number of nitrogens with zero attached hydrogens (tertiary/aromatic N) is 1. The van der Waals surface area contributed by atoms with Crippen LogP contribution in [0.4, 0.5) is 5.69 Å². The van der Waals surface area contributed by atoms with Gasteiger partial charge >= 0.3 is 5.97 Å². The van der Waals surface area contributed by atoms with Crippen molar-refractivity contribution in [2.45, 2.75) is 6.04 Å². The second-order valence-corrected chi connectivity index (χ2v) is 2.37. The van der Waals surface area contributed by atoms with E-state index < -0.39 is 12.0 Å². The molecule has 0 aliphatic heterocycles. The summed E-state index contributed by atoms with van der Waals surface area (Å²) in [4.78, 5) is 14.1. The van der Waals surface area contributed by atoms with Crippen LogP contribution in [0.5, 0.6) is 0 Å². The van der Waals surface area contributed by atoms with Gasteiger partial charge in [-0.1, -0.05) is 0 Å². The van der Waals surface area contributed by atoms with Crippen molar-refractivity contribution >= 4 is 11.7 Å². The lowest BCUT2D eigenvalue weighted by Gasteiger charge is -2.05. The number of nitrogen functional groups attached to an aromatic ring is 1. The molecule has 0 aliphatic rings. The first-order valence-corrected chi connectivity index (χ1v) is 3.30. The normalized spacial score (nSPS) is 12.4. The maximum absolute atomic E-state index is 10.4. The van der Waals surface area contributed by atoms with Crippen molar-refractivity contribution < 1.29 is 9.90 Å². The highest BCUT2D eigenvalue weighted by Gasteiger charge is 2.13. The molecule has 1 rings (SSSR count). The molecule has 0 radical (unpaired) electrons. The second kappa shape index (κ2) is 3.19. The molecule has 0 saturated carbocycles. The Hall–Kier alpha value is -1.62. The molecule has 0 bridgehead atoms. The van der Waals surface area contributed by atoms with Gasteiger partial charge in [-0.05, 0) is 6.07 Å². The fraction of sp³-hybridized carbons (Fsp3) is 0.143. The monoisotopic (exact) mass is 167 g/mol. The van der Waals surface area contributed by atoms with E-state index in [1.54, 1.807) is 0 Å². The molecule has 1 aromatic heterocycles. The van der Waals surface area contributed by atoms with Crippen LogP contribution in [0.15, 0.2) is 18.5 Å². The van der Waals surface area contributed by atoms with Crippen molar-refractivity contribution in [3.63, 3.8) is 0 Å². The fourth-order valence-corrected chi connectivity index (χ4v) is 0.789. The molecule has 1 heterocycles. The van der Waals surface area contributed by atoms with Crippen LogP contribution in [-0.4, -0.2) is 16.1 Å². The minimum Gasteiger partial charge on any atom is -0.480 e. The van der Waals surface area contributed by atoms with Gasteiger partial charge in [0.1, 0.15) is 6.04 Å². The fourth-order valence-electron chi connectivity index (χ4n) is 0.789. The number of pyridine rings is 1. The number of carbonyl (C=O) groups is 1. The van der Waals surface area contributed by atoms with Gasteiger partial charge in [-0.3, -0.25) is 9.78 Å². The van der Waals surface area contributed by atoms with Gasteiger partial charge in [-0.15, -0.1) is 0 Å². The Labute approximate surface area is 69.0 Å². The summed E-state index contributed by atoms with van der Waals surface area (Å²) in [5.41, 5.74) is 11.5. The molecule has 12 heavy (non-hydrogen) atoms. The summed E-state index contributed by atoms with van der Waals surface area (Å²) in [7, 11) is 0. The first-order valence-electron chi connectivity index (χ1n) is 3.30. The molecule has 0 aliphatic carbocycles. The zero-order valence-corrected chi connectivity index (χ0v) is 6.27. The Bertz CT molecular complexity index is 300. The molecule has 5 N–H and O–H groups in total. The Kier molecular flexibility index (Phi) is 2.25. The van der Waals surface area contributed by atoms with Gasteiger partial charge < -0.3 is 16.6 Å². The van der Waals surface area contributed by atoms with Gasteiger partial charge in [0.15, 0.2) is 0 Å². The number of carboxylic acids is 1. The Morgan fingerprint density at radius 2 is 2.25 bits per heavy atom. The van der Waals surface area contributed by atoms with E-state index in [1.165, 1.54) is 18.5 Å². The van der Waals surface area contributed by atoms with Crippen molar-refractivity contribution in [2.75, 3.05) is 5.73 Å². The minimum absolute atomic E-state index is 0.405. The zero-order valence-electron chi connectivity index (χ0n) is 6.27. The van der Waals surface area contributed by atoms with E-state index in [0.29, 0.717) is 11.3 Å². The first-order chi connectivity index (χ1) is 5.61. The van der Waals surface area contributed by atoms with Gasteiger partial charge in [0.25, 0.3) is 0 Å². The van der Waals surface area contributed by atoms with Crippen LogP contribution in [0, 0.1) is 0 Å². The average Bonchev–Trinajstić information content (AvgIpc) is 2.03. The molecule has 5 heteroatoms. The summed E-state index contributed by atoms with van der Waals surface area (Å²) in [6.07, 6.45) is 2.81. The molecule has 1 aromatic rings. The van der Waals surface area contributed by atoms with E-state index in [2.05, 4.69) is 4.98 Å². The predicted molar refractivity (Wildman–Crippen MR) is 43.2 cm³/mol. The molecule has 0 unspecified atom stereocenters. The van der Waals surface area contributed by atoms with Gasteiger partial charge in [-0.2, -0.15) is 0 Å². The van der Waals surface area contributed by atoms with E-state index in [9.17, 15) is 4.79 Å². The predicted octanol–water partition coefficient (Wildman–Crippen LogP) is -0.252. The van der Waals surface area contributed by atoms with Gasteiger partial charge in [0.2, 0.25) is 0 Å². The number of anilines is 1. The number of aromatic nitrogens is 1. The van der Waals surface area contributed by atoms with E-state index in [0.717, 1.165) is 0 Å². The number of nitrogens with two attached hydrogens (primary N) is 2. The Morgan fingerprint density at radius 1 is 1.58 bits per heavy atom. The third kappa shape index (κ3) is 1.70. The van der Waals surface area contributed by atoms with Gasteiger partial charge in [-0.25, -0.2) is 0 Å². The van der Waals surface area contributed by atoms with Crippen LogP contribution in [0.2, 0.25) is 0 Å². The second-order valence-electron chi connectivity index (χ2n) is 2.37. The van der Waals surface area contributed by atoms with Crippen LogP contribution < -0.4 is 11.5 Å². The molecule has 0 aromatic carbocycles. The third-order valence-corrected chi connectivity index (χ3v) is 1.41. The van der Waals surface area contributed by atoms with Crippen molar-refractivity contribution in [1.29, 1.82) is 0 Å². The molecule has 0 spiro atoms. The van der Waals surface area contributed by atoms with Crippen molar-refractivity contribution in [3.8, 4) is 0 Å². The molecular formula is C7H9N3O2. The average molecular weight is 167 g/mol. The van der Waals surface area contributed by atoms with Crippen molar-refractivity contribution in [1.82, 2.24) is 4.98 Å². The van der Waals surface area contributed by atoms with Gasteiger partial charge in [0.05, 0.1) is 5.69 Å². The van der Waals surface area contributed by atoms with E-state index >= 15 is 0 Å². The minimum atomic E-state index is -1.09. The van der Waals surface area contributed by atoms with E-state index in [-0.39, 0.29) is 0 Å². The maximum atomic E-state index is 10.4. The van der Waals surface area contributed by atoms with Crippen LogP contribution in [0.25, 0.3) is 0 Å². The number of hydrogen-bond acceptors (Lipinski definition) is 4. The molecule has 1 atom stereocenters. The quantitative estimate of drug-likeness (QED) is 0.563. The number of hydrogen-bond donors (Lipinski definition) is 3. The molecule has 0 fully saturated rings. The lowest BCUT2D eigenvalue weighted by molar-refractivity contribution is -0.138. The number of rotatable bonds is 2. The lowest BCUT2D eigenvalue weighted by Crippen LogP contribution is -2.20. The maximum Gasteiger partial charge on any atom is 0.325 e. The van der Waals surface area contributed by atoms with E-state index in [4.69, 9.17) is 16.6 Å². The van der Waals surface area contributed by atoms with Crippen LogP contribution in [0.1, 0.15) is 11.6 Å².